The number of nitrogens with one attached hydrogen (secondary N) is 4. The predicted octanol–water partition coefficient (Wildman–Crippen LogP) is 2.96. The smallest absolute Gasteiger partial charge is 0.323 e. The first kappa shape index (κ1) is 13.2. The summed E-state index contributed by atoms with van der Waals surface area (Å²) >= 11 is 6.63. The zero-order valence-electron chi connectivity index (χ0n) is 9.88. The Morgan fingerprint density at radius 2 is 1.80 bits per heavy atom. The third-order valence-corrected chi connectivity index (χ3v) is 3.86. The Morgan fingerprint density at radius 3 is 2.45 bits per heavy atom. The molecular weight excluding hydrogens is 392 g/mol. The van der Waals surface area contributed by atoms with Crippen LogP contribution in [-0.4, -0.2) is 20.9 Å². The molecule has 0 spiro atoms. The summed E-state index contributed by atoms with van der Waals surface area (Å²) in [5, 5.41) is 2.77. The number of anilines is 1. The van der Waals surface area contributed by atoms with Gasteiger partial charge in [-0.25, -0.2) is 4.79 Å². The van der Waals surface area contributed by atoms with Gasteiger partial charge >= 0.3 is 5.69 Å². The maximum Gasteiger partial charge on any atom is 0.323 e. The summed E-state index contributed by atoms with van der Waals surface area (Å²) in [7, 11) is 0. The van der Waals surface area contributed by atoms with E-state index in [4.69, 9.17) is 0 Å². The van der Waals surface area contributed by atoms with Crippen molar-refractivity contribution >= 4 is 54.5 Å². The lowest BCUT2D eigenvalue weighted by Gasteiger charge is -2.06. The Morgan fingerprint density at radius 1 is 1.10 bits per heavy atom. The van der Waals surface area contributed by atoms with Crippen molar-refractivity contribution in [1.29, 1.82) is 0 Å². The molecule has 0 aliphatic carbocycles. The molecule has 102 valence electrons. The lowest BCUT2D eigenvalue weighted by atomic mass is 10.2. The second-order valence-corrected chi connectivity index (χ2v) is 5.91. The molecule has 0 atom stereocenters. The number of benzene rings is 1. The number of imidazole rings is 1. The number of carbonyl (C=O) groups excluding carboxylic acids is 1. The fourth-order valence-corrected chi connectivity index (χ4v) is 2.63. The van der Waals surface area contributed by atoms with Crippen molar-refractivity contribution in [3.8, 4) is 0 Å². The first-order valence-corrected chi connectivity index (χ1v) is 7.18. The van der Waals surface area contributed by atoms with Gasteiger partial charge in [0.15, 0.2) is 0 Å². The minimum Gasteiger partial charge on any atom is -0.356 e. The molecule has 6 nitrogen and oxygen atoms in total. The molecule has 0 saturated carbocycles. The van der Waals surface area contributed by atoms with Crippen LogP contribution in [0.1, 0.15) is 10.5 Å². The third kappa shape index (κ3) is 2.44. The van der Waals surface area contributed by atoms with E-state index >= 15 is 0 Å². The van der Waals surface area contributed by atoms with Gasteiger partial charge in [0.2, 0.25) is 0 Å². The van der Waals surface area contributed by atoms with Gasteiger partial charge in [-0.3, -0.25) is 4.79 Å². The van der Waals surface area contributed by atoms with Gasteiger partial charge in [-0.2, -0.15) is 0 Å². The number of hydrogen-bond donors (Lipinski definition) is 4. The van der Waals surface area contributed by atoms with Gasteiger partial charge in [-0.1, -0.05) is 0 Å². The minimum absolute atomic E-state index is 0.270. The molecule has 0 fully saturated rings. The second-order valence-electron chi connectivity index (χ2n) is 4.14. The van der Waals surface area contributed by atoms with Crippen molar-refractivity contribution in [3.05, 3.63) is 49.5 Å². The van der Waals surface area contributed by atoms with Gasteiger partial charge in [-0.05, 0) is 50.1 Å². The summed E-state index contributed by atoms with van der Waals surface area (Å²) in [5.74, 6) is -0.270. The van der Waals surface area contributed by atoms with Gasteiger partial charge in [0.05, 0.1) is 16.7 Å². The van der Waals surface area contributed by atoms with E-state index in [0.29, 0.717) is 26.9 Å². The van der Waals surface area contributed by atoms with Crippen LogP contribution in [0.15, 0.2) is 38.1 Å². The predicted molar refractivity (Wildman–Crippen MR) is 83.1 cm³/mol. The summed E-state index contributed by atoms with van der Waals surface area (Å²) in [6.45, 7) is 0. The van der Waals surface area contributed by atoms with Crippen LogP contribution < -0.4 is 11.0 Å². The second kappa shape index (κ2) is 4.95. The Bertz CT molecular complexity index is 862. The molecule has 0 saturated heterocycles. The molecule has 0 aliphatic heterocycles. The van der Waals surface area contributed by atoms with Crippen LogP contribution in [0.5, 0.6) is 0 Å². The number of amides is 1. The zero-order chi connectivity index (χ0) is 14.3. The van der Waals surface area contributed by atoms with Crippen LogP contribution in [0.2, 0.25) is 0 Å². The lowest BCUT2D eigenvalue weighted by Crippen LogP contribution is -2.12. The number of hydrogen-bond acceptors (Lipinski definition) is 2. The van der Waals surface area contributed by atoms with Crippen LogP contribution >= 0.6 is 31.9 Å². The number of fused-ring (bicyclic) bond motifs is 1. The Labute approximate surface area is 129 Å². The molecule has 8 heteroatoms. The van der Waals surface area contributed by atoms with Crippen molar-refractivity contribution in [3.63, 3.8) is 0 Å². The molecule has 0 bridgehead atoms. The summed E-state index contributed by atoms with van der Waals surface area (Å²) in [6.07, 6.45) is 1.68. The van der Waals surface area contributed by atoms with Gasteiger partial charge in [0.1, 0.15) is 5.69 Å². The molecule has 3 aromatic rings. The van der Waals surface area contributed by atoms with E-state index < -0.39 is 0 Å². The van der Waals surface area contributed by atoms with Gasteiger partial charge < -0.3 is 20.3 Å². The SMILES string of the molecule is O=C(Nc1cc2[nH]c(=O)[nH]c2cc1Br)c1cc(Br)c[nH]1. The molecule has 20 heavy (non-hydrogen) atoms. The number of aromatic nitrogens is 3. The quantitative estimate of drug-likeness (QED) is 0.533. The summed E-state index contributed by atoms with van der Waals surface area (Å²) in [6, 6.07) is 5.10. The molecule has 4 N–H and O–H groups in total. The van der Waals surface area contributed by atoms with E-state index in [1.165, 1.54) is 0 Å². The molecule has 0 unspecified atom stereocenters. The van der Waals surface area contributed by atoms with Gasteiger partial charge in [-0.15, -0.1) is 0 Å². The first-order valence-electron chi connectivity index (χ1n) is 5.60. The minimum atomic E-state index is -0.288. The van der Waals surface area contributed by atoms with E-state index in [-0.39, 0.29) is 11.6 Å². The number of halogens is 2. The van der Waals surface area contributed by atoms with Gasteiger partial charge in [0, 0.05) is 15.1 Å². The van der Waals surface area contributed by atoms with E-state index in [9.17, 15) is 9.59 Å². The molecule has 0 aliphatic rings. The van der Waals surface area contributed by atoms with Crippen molar-refractivity contribution in [1.82, 2.24) is 15.0 Å². The van der Waals surface area contributed by atoms with E-state index in [0.717, 1.165) is 4.47 Å². The highest BCUT2D eigenvalue weighted by atomic mass is 79.9. The molecule has 2 aromatic heterocycles. The number of aromatic amines is 3. The maximum atomic E-state index is 12.1. The fourth-order valence-electron chi connectivity index (χ4n) is 1.84. The third-order valence-electron chi connectivity index (χ3n) is 2.74. The molecule has 1 aromatic carbocycles. The van der Waals surface area contributed by atoms with Gasteiger partial charge in [0.25, 0.3) is 5.91 Å². The van der Waals surface area contributed by atoms with Crippen LogP contribution in [-0.2, 0) is 0 Å². The molecule has 3 rings (SSSR count). The normalized spacial score (nSPS) is 10.9. The highest BCUT2D eigenvalue weighted by Crippen LogP contribution is 2.27. The molecular formula is C12H8Br2N4O2. The molecule has 0 radical (unpaired) electrons. The number of H-pyrrole nitrogens is 3. The summed E-state index contributed by atoms with van der Waals surface area (Å²) in [4.78, 5) is 31.4. The van der Waals surface area contributed by atoms with Crippen molar-refractivity contribution < 1.29 is 4.79 Å². The monoisotopic (exact) mass is 398 g/mol. The van der Waals surface area contributed by atoms with Crippen molar-refractivity contribution in [2.45, 2.75) is 0 Å². The molecule has 2 heterocycles. The standard InChI is InChI=1S/C12H8Br2N4O2/c13-5-1-10(15-4-5)11(19)16-7-3-9-8(2-6(7)14)17-12(20)18-9/h1-4,15H,(H,16,19)(H2,17,18,20). The number of carbonyl (C=O) groups is 1. The van der Waals surface area contributed by atoms with Crippen molar-refractivity contribution in [2.24, 2.45) is 0 Å². The van der Waals surface area contributed by atoms with E-state index in [1.54, 1.807) is 24.4 Å². The van der Waals surface area contributed by atoms with E-state index in [2.05, 4.69) is 52.1 Å². The highest BCUT2D eigenvalue weighted by Gasteiger charge is 2.12. The fraction of sp³-hybridized carbons (Fsp3) is 0. The average molecular weight is 400 g/mol. The van der Waals surface area contributed by atoms with E-state index in [1.807, 2.05) is 0 Å². The maximum absolute atomic E-state index is 12.1. The largest absolute Gasteiger partial charge is 0.356 e. The zero-order valence-corrected chi connectivity index (χ0v) is 13.1. The Hall–Kier alpha value is -1.80. The topological polar surface area (TPSA) is 93.5 Å². The summed E-state index contributed by atoms with van der Waals surface area (Å²) < 4.78 is 1.48. The molecule has 1 amide bonds. The average Bonchev–Trinajstić information content (AvgIpc) is 2.95. The number of rotatable bonds is 2. The van der Waals surface area contributed by atoms with Crippen molar-refractivity contribution in [2.75, 3.05) is 5.32 Å². The van der Waals surface area contributed by atoms with Crippen LogP contribution in [0.4, 0.5) is 5.69 Å². The Kier molecular flexibility index (Phi) is 3.27. The highest BCUT2D eigenvalue weighted by molar-refractivity contribution is 9.10. The van der Waals surface area contributed by atoms with Crippen LogP contribution in [0, 0.1) is 0 Å². The van der Waals surface area contributed by atoms with Crippen LogP contribution in [0.3, 0.4) is 0 Å². The summed E-state index contributed by atoms with van der Waals surface area (Å²) in [5.41, 5.74) is 2.02. The van der Waals surface area contributed by atoms with Crippen LogP contribution in [0.25, 0.3) is 11.0 Å². The Balaban J connectivity index is 1.95. The lowest BCUT2D eigenvalue weighted by molar-refractivity contribution is 0.102. The first-order chi connectivity index (χ1) is 9.52.